The third-order valence-corrected chi connectivity index (χ3v) is 4.95. The van der Waals surface area contributed by atoms with Gasteiger partial charge in [0.05, 0.1) is 12.2 Å². The number of halogens is 1. The summed E-state index contributed by atoms with van der Waals surface area (Å²) >= 11 is 0. The van der Waals surface area contributed by atoms with E-state index >= 15 is 0 Å². The topological polar surface area (TPSA) is 32.8 Å². The summed E-state index contributed by atoms with van der Waals surface area (Å²) in [6.45, 7) is 2.12. The molecule has 2 saturated heterocycles. The van der Waals surface area contributed by atoms with Crippen LogP contribution in [-0.4, -0.2) is 61.1 Å². The highest BCUT2D eigenvalue weighted by atomic mass is 19.1. The van der Waals surface area contributed by atoms with Gasteiger partial charge < -0.3 is 14.5 Å². The van der Waals surface area contributed by atoms with E-state index in [2.05, 4.69) is 19.0 Å². The van der Waals surface area contributed by atoms with Gasteiger partial charge in [-0.2, -0.15) is 0 Å². The van der Waals surface area contributed by atoms with Crippen LogP contribution in [0.1, 0.15) is 29.6 Å². The van der Waals surface area contributed by atoms with E-state index in [0.717, 1.165) is 25.9 Å². The minimum absolute atomic E-state index is 0.0757. The molecule has 1 aromatic carbocycles. The number of amides is 1. The fraction of sp³-hybridized carbons (Fsp3) is 0.588. The predicted octanol–water partition coefficient (Wildman–Crippen LogP) is 2.15. The molecule has 3 rings (SSSR count). The summed E-state index contributed by atoms with van der Waals surface area (Å²) in [6, 6.07) is 6.38. The molecule has 22 heavy (non-hydrogen) atoms. The summed E-state index contributed by atoms with van der Waals surface area (Å²) in [7, 11) is 4.16. The van der Waals surface area contributed by atoms with Crippen molar-refractivity contribution in [3.8, 4) is 0 Å². The van der Waals surface area contributed by atoms with Gasteiger partial charge in [0, 0.05) is 24.7 Å². The summed E-state index contributed by atoms with van der Waals surface area (Å²) in [4.78, 5) is 16.5. The third kappa shape index (κ3) is 3.01. The molecule has 120 valence electrons. The van der Waals surface area contributed by atoms with E-state index in [-0.39, 0.29) is 17.3 Å². The lowest BCUT2D eigenvalue weighted by Crippen LogP contribution is -2.47. The number of likely N-dealkylation sites (tertiary alicyclic amines) is 1. The van der Waals surface area contributed by atoms with Crippen LogP contribution in [0.15, 0.2) is 24.3 Å². The fourth-order valence-corrected chi connectivity index (χ4v) is 3.42. The molecule has 1 spiro atoms. The Kier molecular flexibility index (Phi) is 4.19. The van der Waals surface area contributed by atoms with Gasteiger partial charge in [0.2, 0.25) is 0 Å². The van der Waals surface area contributed by atoms with Gasteiger partial charge in [0.25, 0.3) is 5.91 Å². The van der Waals surface area contributed by atoms with Crippen molar-refractivity contribution in [2.45, 2.75) is 30.9 Å². The van der Waals surface area contributed by atoms with Gasteiger partial charge in [-0.1, -0.05) is 6.07 Å². The first-order valence-corrected chi connectivity index (χ1v) is 7.84. The van der Waals surface area contributed by atoms with Crippen molar-refractivity contribution in [1.82, 2.24) is 9.80 Å². The first kappa shape index (κ1) is 15.4. The first-order valence-electron chi connectivity index (χ1n) is 7.84. The molecule has 1 aromatic rings. The van der Waals surface area contributed by atoms with Gasteiger partial charge in [0.15, 0.2) is 0 Å². The van der Waals surface area contributed by atoms with Crippen molar-refractivity contribution >= 4 is 5.91 Å². The van der Waals surface area contributed by atoms with Crippen LogP contribution in [0, 0.1) is 5.82 Å². The number of benzene rings is 1. The molecular formula is C17H23FN2O2. The van der Waals surface area contributed by atoms with Crippen molar-refractivity contribution in [3.05, 3.63) is 35.6 Å². The number of likely N-dealkylation sites (N-methyl/N-ethyl adjacent to an activating group) is 1. The summed E-state index contributed by atoms with van der Waals surface area (Å²) < 4.78 is 19.3. The molecule has 0 aliphatic carbocycles. The Labute approximate surface area is 130 Å². The molecule has 0 aromatic heterocycles. The van der Waals surface area contributed by atoms with Crippen LogP contribution in [0.25, 0.3) is 0 Å². The van der Waals surface area contributed by atoms with Gasteiger partial charge in [0.1, 0.15) is 5.82 Å². The normalized spacial score (nSPS) is 24.2. The van der Waals surface area contributed by atoms with E-state index in [9.17, 15) is 9.18 Å². The Bertz CT molecular complexity index is 553. The van der Waals surface area contributed by atoms with Gasteiger partial charge in [-0.15, -0.1) is 0 Å². The Morgan fingerprint density at radius 2 is 2.09 bits per heavy atom. The summed E-state index contributed by atoms with van der Waals surface area (Å²) in [5, 5.41) is 0. The van der Waals surface area contributed by atoms with Crippen molar-refractivity contribution in [2.75, 3.05) is 33.8 Å². The molecule has 2 fully saturated rings. The predicted molar refractivity (Wildman–Crippen MR) is 82.3 cm³/mol. The van der Waals surface area contributed by atoms with Gasteiger partial charge in [-0.05, 0) is 51.6 Å². The molecule has 0 radical (unpaired) electrons. The maximum absolute atomic E-state index is 13.3. The lowest BCUT2D eigenvalue weighted by Gasteiger charge is -2.39. The van der Waals surface area contributed by atoms with Crippen LogP contribution in [0.4, 0.5) is 4.39 Å². The van der Waals surface area contributed by atoms with Crippen LogP contribution in [0.2, 0.25) is 0 Å². The van der Waals surface area contributed by atoms with Crippen LogP contribution in [-0.2, 0) is 4.74 Å². The van der Waals surface area contributed by atoms with E-state index in [1.807, 2.05) is 4.90 Å². The zero-order valence-electron chi connectivity index (χ0n) is 13.2. The van der Waals surface area contributed by atoms with E-state index < -0.39 is 0 Å². The second kappa shape index (κ2) is 5.97. The first-order chi connectivity index (χ1) is 10.5. The smallest absolute Gasteiger partial charge is 0.253 e. The molecule has 1 atom stereocenters. The van der Waals surface area contributed by atoms with Crippen LogP contribution < -0.4 is 0 Å². The number of ether oxygens (including phenoxy) is 1. The molecule has 0 N–H and O–H groups in total. The minimum Gasteiger partial charge on any atom is -0.373 e. The molecule has 2 aliphatic heterocycles. The number of piperidine rings is 1. The number of hydrogen-bond donors (Lipinski definition) is 0. The Morgan fingerprint density at radius 3 is 2.68 bits per heavy atom. The number of rotatable bonds is 2. The molecule has 4 nitrogen and oxygen atoms in total. The average Bonchev–Trinajstić information content (AvgIpc) is 2.92. The monoisotopic (exact) mass is 306 g/mol. The third-order valence-electron chi connectivity index (χ3n) is 4.95. The van der Waals surface area contributed by atoms with Crippen LogP contribution in [0.5, 0.6) is 0 Å². The van der Waals surface area contributed by atoms with Gasteiger partial charge >= 0.3 is 0 Å². The van der Waals surface area contributed by atoms with E-state index in [1.165, 1.54) is 12.1 Å². The van der Waals surface area contributed by atoms with Gasteiger partial charge in [-0.3, -0.25) is 4.79 Å². The SMILES string of the molecule is CN(C)C1COC2(CCN(C(=O)c3cccc(F)c3)CC2)C1. The highest BCUT2D eigenvalue weighted by Crippen LogP contribution is 2.37. The molecule has 1 amide bonds. The Morgan fingerprint density at radius 1 is 1.36 bits per heavy atom. The van der Waals surface area contributed by atoms with E-state index in [4.69, 9.17) is 4.74 Å². The summed E-state index contributed by atoms with van der Waals surface area (Å²) in [6.07, 6.45) is 2.75. The molecule has 5 heteroatoms. The van der Waals surface area contributed by atoms with Crippen LogP contribution >= 0.6 is 0 Å². The Balaban J connectivity index is 1.61. The fourth-order valence-electron chi connectivity index (χ4n) is 3.42. The van der Waals surface area contributed by atoms with Crippen molar-refractivity contribution in [1.29, 1.82) is 0 Å². The highest BCUT2D eigenvalue weighted by molar-refractivity contribution is 5.94. The second-order valence-corrected chi connectivity index (χ2v) is 6.62. The van der Waals surface area contributed by atoms with Crippen LogP contribution in [0.3, 0.4) is 0 Å². The maximum atomic E-state index is 13.3. The molecule has 0 saturated carbocycles. The zero-order valence-corrected chi connectivity index (χ0v) is 13.2. The number of carbonyl (C=O) groups excluding carboxylic acids is 1. The van der Waals surface area contributed by atoms with E-state index in [1.54, 1.807) is 12.1 Å². The van der Waals surface area contributed by atoms with Crippen molar-refractivity contribution in [3.63, 3.8) is 0 Å². The molecule has 2 aliphatic rings. The molecule has 2 heterocycles. The standard InChI is InChI=1S/C17H23FN2O2/c1-19(2)15-11-17(22-12-15)6-8-20(9-7-17)16(21)13-4-3-5-14(18)10-13/h3-5,10,15H,6-9,11-12H2,1-2H3. The Hall–Kier alpha value is -1.46. The average molecular weight is 306 g/mol. The number of nitrogens with zero attached hydrogens (tertiary/aromatic N) is 2. The minimum atomic E-state index is -0.368. The zero-order chi connectivity index (χ0) is 15.7. The van der Waals surface area contributed by atoms with Crippen molar-refractivity contribution in [2.24, 2.45) is 0 Å². The second-order valence-electron chi connectivity index (χ2n) is 6.62. The molecule has 1 unspecified atom stereocenters. The maximum Gasteiger partial charge on any atom is 0.253 e. The lowest BCUT2D eigenvalue weighted by atomic mass is 9.87. The summed E-state index contributed by atoms with van der Waals surface area (Å²) in [5.74, 6) is -0.455. The summed E-state index contributed by atoms with van der Waals surface area (Å²) in [5.41, 5.74) is 0.350. The van der Waals surface area contributed by atoms with Gasteiger partial charge in [-0.25, -0.2) is 4.39 Å². The highest BCUT2D eigenvalue weighted by Gasteiger charge is 2.43. The molecular weight excluding hydrogens is 283 g/mol. The van der Waals surface area contributed by atoms with Crippen molar-refractivity contribution < 1.29 is 13.9 Å². The lowest BCUT2D eigenvalue weighted by molar-refractivity contribution is -0.0392. The largest absolute Gasteiger partial charge is 0.373 e. The number of carbonyl (C=O) groups is 1. The number of hydrogen-bond acceptors (Lipinski definition) is 3. The molecule has 0 bridgehead atoms. The van der Waals surface area contributed by atoms with E-state index in [0.29, 0.717) is 24.7 Å². The quantitative estimate of drug-likeness (QED) is 0.839.